The molecule has 1 aromatic heterocycles. The summed E-state index contributed by atoms with van der Waals surface area (Å²) in [6, 6.07) is 0.843. The molecule has 0 unspecified atom stereocenters. The summed E-state index contributed by atoms with van der Waals surface area (Å²) in [4.78, 5) is 3.67. The Hall–Kier alpha value is -1.01. The number of hydrogen-bond acceptors (Lipinski definition) is 3. The fourth-order valence-electron chi connectivity index (χ4n) is 1.56. The van der Waals surface area contributed by atoms with Gasteiger partial charge in [0.05, 0.1) is 17.2 Å². The molecule has 1 heterocycles. The van der Waals surface area contributed by atoms with Gasteiger partial charge in [0.15, 0.2) is 0 Å². The minimum atomic E-state index is -4.45. The van der Waals surface area contributed by atoms with Crippen molar-refractivity contribution >= 4 is 17.4 Å². The summed E-state index contributed by atoms with van der Waals surface area (Å²) in [6.07, 6.45) is -1.91. The largest absolute Gasteiger partial charge is 0.417 e. The van der Waals surface area contributed by atoms with Crippen LogP contribution in [0.5, 0.6) is 0 Å². The van der Waals surface area contributed by atoms with E-state index >= 15 is 0 Å². The average molecular weight is 281 g/mol. The zero-order chi connectivity index (χ0) is 13.4. The first kappa shape index (κ1) is 13.4. The third-order valence-corrected chi connectivity index (χ3v) is 3.38. The fraction of sp³-hybridized carbons (Fsp3) is 0.545. The highest BCUT2D eigenvalue weighted by Crippen LogP contribution is 2.45. The van der Waals surface area contributed by atoms with Crippen LogP contribution in [-0.4, -0.2) is 23.2 Å². The quantitative estimate of drug-likeness (QED) is 0.891. The maximum absolute atomic E-state index is 12.4. The van der Waals surface area contributed by atoms with Crippen LogP contribution < -0.4 is 5.32 Å². The van der Waals surface area contributed by atoms with E-state index in [-0.39, 0.29) is 22.9 Å². The summed E-state index contributed by atoms with van der Waals surface area (Å²) in [5, 5.41) is 11.9. The number of rotatable bonds is 4. The van der Waals surface area contributed by atoms with E-state index in [1.165, 1.54) is 0 Å². The average Bonchev–Trinajstić information content (AvgIpc) is 3.07. The molecule has 7 heteroatoms. The lowest BCUT2D eigenvalue weighted by Gasteiger charge is -2.15. The van der Waals surface area contributed by atoms with Crippen molar-refractivity contribution in [2.75, 3.05) is 18.5 Å². The van der Waals surface area contributed by atoms with E-state index in [1.807, 2.05) is 0 Å². The SMILES string of the molecule is OCC1(CNc2ncc(C(F)(F)F)cc2Cl)CC1. The second-order valence-electron chi connectivity index (χ2n) is 4.56. The molecule has 1 fully saturated rings. The molecule has 2 rings (SSSR count). The Balaban J connectivity index is 2.06. The normalized spacial score (nSPS) is 17.6. The molecule has 2 N–H and O–H groups in total. The zero-order valence-corrected chi connectivity index (χ0v) is 10.1. The summed E-state index contributed by atoms with van der Waals surface area (Å²) in [7, 11) is 0. The van der Waals surface area contributed by atoms with Crippen molar-refractivity contribution in [1.82, 2.24) is 4.98 Å². The molecule has 1 aliphatic carbocycles. The number of aliphatic hydroxyl groups is 1. The molecule has 0 radical (unpaired) electrons. The predicted molar refractivity (Wildman–Crippen MR) is 61.5 cm³/mol. The summed E-state index contributed by atoms with van der Waals surface area (Å²) < 4.78 is 37.2. The highest BCUT2D eigenvalue weighted by molar-refractivity contribution is 6.32. The number of aliphatic hydroxyl groups excluding tert-OH is 1. The molecule has 1 aromatic rings. The van der Waals surface area contributed by atoms with Crippen LogP contribution in [0.15, 0.2) is 12.3 Å². The molecule has 100 valence electrons. The summed E-state index contributed by atoms with van der Waals surface area (Å²) >= 11 is 5.74. The molecule has 0 aromatic carbocycles. The van der Waals surface area contributed by atoms with Crippen LogP contribution in [0.25, 0.3) is 0 Å². The minimum Gasteiger partial charge on any atom is -0.396 e. The van der Waals surface area contributed by atoms with Gasteiger partial charge in [-0.15, -0.1) is 0 Å². The van der Waals surface area contributed by atoms with Crippen LogP contribution in [-0.2, 0) is 6.18 Å². The van der Waals surface area contributed by atoms with Crippen molar-refractivity contribution in [1.29, 1.82) is 0 Å². The number of halogens is 4. The Morgan fingerprint density at radius 2 is 2.11 bits per heavy atom. The molecular weight excluding hydrogens is 269 g/mol. The van der Waals surface area contributed by atoms with Gasteiger partial charge in [0.25, 0.3) is 0 Å². The smallest absolute Gasteiger partial charge is 0.396 e. The van der Waals surface area contributed by atoms with E-state index in [0.29, 0.717) is 6.54 Å². The van der Waals surface area contributed by atoms with Gasteiger partial charge < -0.3 is 10.4 Å². The Labute approximate surface area is 107 Å². The van der Waals surface area contributed by atoms with Gasteiger partial charge in [-0.3, -0.25) is 0 Å². The van der Waals surface area contributed by atoms with Gasteiger partial charge in [-0.2, -0.15) is 13.2 Å². The van der Waals surface area contributed by atoms with Crippen molar-refractivity contribution in [3.63, 3.8) is 0 Å². The maximum Gasteiger partial charge on any atom is 0.417 e. The van der Waals surface area contributed by atoms with E-state index in [2.05, 4.69) is 10.3 Å². The molecule has 1 saturated carbocycles. The first-order valence-electron chi connectivity index (χ1n) is 5.44. The highest BCUT2D eigenvalue weighted by atomic mass is 35.5. The summed E-state index contributed by atoms with van der Waals surface area (Å²) in [5.41, 5.74) is -1.03. The second-order valence-corrected chi connectivity index (χ2v) is 4.97. The molecule has 0 spiro atoms. The summed E-state index contributed by atoms with van der Waals surface area (Å²) in [5.74, 6) is 0.212. The van der Waals surface area contributed by atoms with Crippen LogP contribution >= 0.6 is 11.6 Å². The number of hydrogen-bond donors (Lipinski definition) is 2. The fourth-order valence-corrected chi connectivity index (χ4v) is 1.79. The molecule has 3 nitrogen and oxygen atoms in total. The Kier molecular flexibility index (Phi) is 3.42. The third kappa shape index (κ3) is 2.87. The Morgan fingerprint density at radius 3 is 2.56 bits per heavy atom. The van der Waals surface area contributed by atoms with Crippen LogP contribution in [0, 0.1) is 5.41 Å². The van der Waals surface area contributed by atoms with E-state index in [1.54, 1.807) is 0 Å². The van der Waals surface area contributed by atoms with Crippen molar-refractivity contribution in [2.24, 2.45) is 5.41 Å². The van der Waals surface area contributed by atoms with Crippen LogP contribution in [0.1, 0.15) is 18.4 Å². The summed E-state index contributed by atoms with van der Waals surface area (Å²) in [6.45, 7) is 0.514. The first-order valence-corrected chi connectivity index (χ1v) is 5.82. The van der Waals surface area contributed by atoms with E-state index in [0.717, 1.165) is 25.1 Å². The maximum atomic E-state index is 12.4. The topological polar surface area (TPSA) is 45.1 Å². The molecule has 0 atom stereocenters. The van der Waals surface area contributed by atoms with Crippen molar-refractivity contribution in [2.45, 2.75) is 19.0 Å². The van der Waals surface area contributed by atoms with E-state index in [4.69, 9.17) is 16.7 Å². The van der Waals surface area contributed by atoms with Crippen LogP contribution in [0.3, 0.4) is 0 Å². The Bertz CT molecular complexity index is 446. The van der Waals surface area contributed by atoms with Crippen molar-refractivity contribution in [3.8, 4) is 0 Å². The van der Waals surface area contributed by atoms with Crippen molar-refractivity contribution in [3.05, 3.63) is 22.8 Å². The molecule has 0 amide bonds. The number of aromatic nitrogens is 1. The Morgan fingerprint density at radius 1 is 1.44 bits per heavy atom. The molecule has 0 bridgehead atoms. The highest BCUT2D eigenvalue weighted by Gasteiger charge is 2.42. The standard InChI is InChI=1S/C11H12ClF3N2O/c12-8-3-7(11(13,14)15)4-16-9(8)17-5-10(6-18)1-2-10/h3-4,18H,1-2,5-6H2,(H,16,17). The minimum absolute atomic E-state index is 0.0538. The number of anilines is 1. The lowest BCUT2D eigenvalue weighted by atomic mass is 10.1. The molecular formula is C11H12ClF3N2O. The second kappa shape index (κ2) is 4.59. The molecule has 0 aliphatic heterocycles. The molecule has 0 saturated heterocycles. The first-order chi connectivity index (χ1) is 8.36. The number of nitrogens with zero attached hydrogens (tertiary/aromatic N) is 1. The predicted octanol–water partition coefficient (Wildman–Crippen LogP) is 2.94. The van der Waals surface area contributed by atoms with Gasteiger partial charge in [-0.1, -0.05) is 11.6 Å². The van der Waals surface area contributed by atoms with E-state index in [9.17, 15) is 13.2 Å². The zero-order valence-electron chi connectivity index (χ0n) is 9.39. The van der Waals surface area contributed by atoms with Gasteiger partial charge >= 0.3 is 6.18 Å². The van der Waals surface area contributed by atoms with E-state index < -0.39 is 11.7 Å². The number of alkyl halides is 3. The lowest BCUT2D eigenvalue weighted by molar-refractivity contribution is -0.137. The molecule has 1 aliphatic rings. The third-order valence-electron chi connectivity index (χ3n) is 3.09. The monoisotopic (exact) mass is 280 g/mol. The van der Waals surface area contributed by atoms with Gasteiger partial charge in [0, 0.05) is 18.2 Å². The van der Waals surface area contributed by atoms with Crippen LogP contribution in [0.4, 0.5) is 19.0 Å². The van der Waals surface area contributed by atoms with Gasteiger partial charge in [0.2, 0.25) is 0 Å². The van der Waals surface area contributed by atoms with Crippen molar-refractivity contribution < 1.29 is 18.3 Å². The van der Waals surface area contributed by atoms with Gasteiger partial charge in [-0.05, 0) is 18.9 Å². The van der Waals surface area contributed by atoms with Gasteiger partial charge in [-0.25, -0.2) is 4.98 Å². The lowest BCUT2D eigenvalue weighted by Crippen LogP contribution is -2.20. The van der Waals surface area contributed by atoms with Gasteiger partial charge in [0.1, 0.15) is 5.82 Å². The number of nitrogens with one attached hydrogen (secondary N) is 1. The van der Waals surface area contributed by atoms with Crippen LogP contribution in [0.2, 0.25) is 5.02 Å². The molecule has 18 heavy (non-hydrogen) atoms. The number of pyridine rings is 1.